The Hall–Kier alpha value is -0.630. The van der Waals surface area contributed by atoms with E-state index < -0.39 is 7.60 Å². The zero-order valence-corrected chi connectivity index (χ0v) is 10.2. The molecule has 0 aliphatic heterocycles. The summed E-state index contributed by atoms with van der Waals surface area (Å²) < 4.78 is 10.5. The average Bonchev–Trinajstić information content (AvgIpc) is 2.17. The van der Waals surface area contributed by atoms with E-state index in [1.807, 2.05) is 6.07 Å². The lowest BCUT2D eigenvalue weighted by atomic mass is 10.2. The molecular weight excluding hydrogens is 211 g/mol. The molecule has 0 heterocycles. The van der Waals surface area contributed by atoms with E-state index in [9.17, 15) is 4.57 Å². The van der Waals surface area contributed by atoms with Gasteiger partial charge in [0, 0.05) is 0 Å². The molecule has 0 atom stereocenters. The highest BCUT2D eigenvalue weighted by Crippen LogP contribution is 2.38. The van der Waals surface area contributed by atoms with E-state index in [1.165, 1.54) is 12.8 Å². The molecule has 4 heteroatoms. The SMILES string of the molecule is CCCC.O=P(O)(O)Cc1ccccc1. The van der Waals surface area contributed by atoms with Gasteiger partial charge in [0.1, 0.15) is 0 Å². The molecule has 86 valence electrons. The van der Waals surface area contributed by atoms with Gasteiger partial charge in [-0.25, -0.2) is 0 Å². The Kier molecular flexibility index (Phi) is 7.31. The third-order valence-corrected chi connectivity index (χ3v) is 2.51. The Balaban J connectivity index is 0.000000423. The van der Waals surface area contributed by atoms with Crippen molar-refractivity contribution in [1.29, 1.82) is 0 Å². The molecule has 1 aromatic carbocycles. The van der Waals surface area contributed by atoms with Crippen molar-refractivity contribution >= 4 is 7.60 Å². The van der Waals surface area contributed by atoms with Crippen LogP contribution in [0.2, 0.25) is 0 Å². The summed E-state index contributed by atoms with van der Waals surface area (Å²) in [6.45, 7) is 4.36. The van der Waals surface area contributed by atoms with Crippen molar-refractivity contribution in [2.45, 2.75) is 32.9 Å². The quantitative estimate of drug-likeness (QED) is 0.784. The fourth-order valence-corrected chi connectivity index (χ4v) is 1.51. The van der Waals surface area contributed by atoms with E-state index in [-0.39, 0.29) is 6.16 Å². The lowest BCUT2D eigenvalue weighted by Crippen LogP contribution is -1.84. The predicted octanol–water partition coefficient (Wildman–Crippen LogP) is 3.17. The van der Waals surface area contributed by atoms with E-state index in [2.05, 4.69) is 13.8 Å². The lowest BCUT2D eigenvalue weighted by Gasteiger charge is -2.01. The van der Waals surface area contributed by atoms with Crippen LogP contribution in [-0.2, 0) is 10.7 Å². The van der Waals surface area contributed by atoms with Gasteiger partial charge in [-0.1, -0.05) is 57.0 Å². The number of rotatable bonds is 3. The Bertz CT molecular complexity index is 290. The Morgan fingerprint density at radius 1 is 1.07 bits per heavy atom. The molecule has 0 bridgehead atoms. The number of hydrogen-bond acceptors (Lipinski definition) is 1. The van der Waals surface area contributed by atoms with Gasteiger partial charge in [-0.3, -0.25) is 4.57 Å². The topological polar surface area (TPSA) is 57.5 Å². The molecule has 1 aromatic rings. The molecule has 0 aliphatic rings. The minimum atomic E-state index is -3.89. The maximum Gasteiger partial charge on any atom is 0.329 e. The van der Waals surface area contributed by atoms with Crippen LogP contribution in [0.3, 0.4) is 0 Å². The molecule has 0 radical (unpaired) electrons. The molecule has 0 fully saturated rings. The third kappa shape index (κ3) is 9.67. The summed E-state index contributed by atoms with van der Waals surface area (Å²) in [5.74, 6) is 0. The first-order chi connectivity index (χ1) is 6.99. The lowest BCUT2D eigenvalue weighted by molar-refractivity contribution is 0.372. The van der Waals surface area contributed by atoms with E-state index >= 15 is 0 Å². The van der Waals surface area contributed by atoms with Gasteiger partial charge in [0.2, 0.25) is 0 Å². The maximum absolute atomic E-state index is 10.5. The summed E-state index contributed by atoms with van der Waals surface area (Å²) in [5.41, 5.74) is 0.667. The summed E-state index contributed by atoms with van der Waals surface area (Å²) in [6.07, 6.45) is 2.47. The summed E-state index contributed by atoms with van der Waals surface area (Å²) in [6, 6.07) is 8.71. The van der Waals surface area contributed by atoms with E-state index in [0.717, 1.165) is 0 Å². The van der Waals surface area contributed by atoms with E-state index in [1.54, 1.807) is 24.3 Å². The first-order valence-electron chi connectivity index (χ1n) is 5.08. The van der Waals surface area contributed by atoms with Crippen LogP contribution < -0.4 is 0 Å². The van der Waals surface area contributed by atoms with Crippen LogP contribution in [-0.4, -0.2) is 9.79 Å². The molecular formula is C11H19O3P. The summed E-state index contributed by atoms with van der Waals surface area (Å²) >= 11 is 0. The molecule has 15 heavy (non-hydrogen) atoms. The van der Waals surface area contributed by atoms with Gasteiger partial charge in [-0.15, -0.1) is 0 Å². The van der Waals surface area contributed by atoms with Gasteiger partial charge in [-0.05, 0) is 5.56 Å². The Morgan fingerprint density at radius 2 is 1.53 bits per heavy atom. The van der Waals surface area contributed by atoms with Crippen molar-refractivity contribution in [1.82, 2.24) is 0 Å². The summed E-state index contributed by atoms with van der Waals surface area (Å²) in [7, 11) is -3.89. The fourth-order valence-electron chi connectivity index (χ4n) is 0.821. The molecule has 0 saturated heterocycles. The second-order valence-electron chi connectivity index (χ2n) is 3.31. The Morgan fingerprint density at radius 3 is 1.87 bits per heavy atom. The molecule has 0 amide bonds. The van der Waals surface area contributed by atoms with Gasteiger partial charge in [0.15, 0.2) is 0 Å². The average molecular weight is 230 g/mol. The van der Waals surface area contributed by atoms with Gasteiger partial charge >= 0.3 is 7.60 Å². The second-order valence-corrected chi connectivity index (χ2v) is 4.95. The first-order valence-corrected chi connectivity index (χ1v) is 6.87. The van der Waals surface area contributed by atoms with Crippen LogP contribution in [0.25, 0.3) is 0 Å². The molecule has 3 nitrogen and oxygen atoms in total. The highest BCUT2D eigenvalue weighted by atomic mass is 31.2. The van der Waals surface area contributed by atoms with Crippen LogP contribution in [0.4, 0.5) is 0 Å². The summed E-state index contributed by atoms with van der Waals surface area (Å²) in [4.78, 5) is 17.2. The smallest absolute Gasteiger partial charge is 0.324 e. The zero-order chi connectivity index (χ0) is 11.7. The van der Waals surface area contributed by atoms with Crippen LogP contribution >= 0.6 is 7.60 Å². The fraction of sp³-hybridized carbons (Fsp3) is 0.455. The standard InChI is InChI=1S/C7H9O3P.C4H10/c8-11(9,10)6-7-4-2-1-3-5-7;1-3-4-2/h1-5H,6H2,(H2,8,9,10);3-4H2,1-2H3. The first kappa shape index (κ1) is 14.4. The van der Waals surface area contributed by atoms with Crippen molar-refractivity contribution in [3.05, 3.63) is 35.9 Å². The van der Waals surface area contributed by atoms with Gasteiger partial charge < -0.3 is 9.79 Å². The third-order valence-electron chi connectivity index (χ3n) is 1.73. The second kappa shape index (κ2) is 7.63. The van der Waals surface area contributed by atoms with Crippen LogP contribution in [0.5, 0.6) is 0 Å². The van der Waals surface area contributed by atoms with Crippen molar-refractivity contribution in [3.8, 4) is 0 Å². The molecule has 2 N–H and O–H groups in total. The minimum absolute atomic E-state index is 0.173. The summed E-state index contributed by atoms with van der Waals surface area (Å²) in [5, 5.41) is 0. The molecule has 0 aliphatic carbocycles. The molecule has 0 spiro atoms. The molecule has 0 saturated carbocycles. The number of benzene rings is 1. The van der Waals surface area contributed by atoms with Crippen molar-refractivity contribution in [2.75, 3.05) is 0 Å². The van der Waals surface area contributed by atoms with Gasteiger partial charge in [-0.2, -0.15) is 0 Å². The minimum Gasteiger partial charge on any atom is -0.324 e. The normalized spacial score (nSPS) is 10.4. The molecule has 0 unspecified atom stereocenters. The Labute approximate surface area is 91.3 Å². The number of hydrogen-bond donors (Lipinski definition) is 2. The maximum atomic E-state index is 10.5. The monoisotopic (exact) mass is 230 g/mol. The van der Waals surface area contributed by atoms with Gasteiger partial charge in [0.25, 0.3) is 0 Å². The van der Waals surface area contributed by atoms with Gasteiger partial charge in [0.05, 0.1) is 6.16 Å². The highest BCUT2D eigenvalue weighted by molar-refractivity contribution is 7.50. The van der Waals surface area contributed by atoms with E-state index in [4.69, 9.17) is 9.79 Å². The van der Waals surface area contributed by atoms with Crippen LogP contribution in [0.15, 0.2) is 30.3 Å². The predicted molar refractivity (Wildman–Crippen MR) is 62.8 cm³/mol. The molecule has 0 aromatic heterocycles. The highest BCUT2D eigenvalue weighted by Gasteiger charge is 2.12. The van der Waals surface area contributed by atoms with E-state index in [0.29, 0.717) is 5.56 Å². The largest absolute Gasteiger partial charge is 0.329 e. The van der Waals surface area contributed by atoms with Crippen molar-refractivity contribution < 1.29 is 14.4 Å². The van der Waals surface area contributed by atoms with Crippen molar-refractivity contribution in [2.24, 2.45) is 0 Å². The van der Waals surface area contributed by atoms with Crippen LogP contribution in [0, 0.1) is 0 Å². The number of unbranched alkanes of at least 4 members (excludes halogenated alkanes) is 1. The zero-order valence-electron chi connectivity index (χ0n) is 9.26. The molecule has 1 rings (SSSR count). The van der Waals surface area contributed by atoms with Crippen LogP contribution in [0.1, 0.15) is 32.3 Å². The van der Waals surface area contributed by atoms with Crippen molar-refractivity contribution in [3.63, 3.8) is 0 Å².